The van der Waals surface area contributed by atoms with Gasteiger partial charge in [0.1, 0.15) is 5.01 Å². The lowest BCUT2D eigenvalue weighted by Gasteiger charge is -2.15. The maximum Gasteiger partial charge on any atom is 0.106 e. The molecule has 0 aromatic carbocycles. The van der Waals surface area contributed by atoms with Gasteiger partial charge < -0.3 is 15.0 Å². The summed E-state index contributed by atoms with van der Waals surface area (Å²) in [7, 11) is 3.83. The molecular formula is C10H19N3OS. The van der Waals surface area contributed by atoms with Crippen molar-refractivity contribution >= 4 is 11.3 Å². The molecule has 86 valence electrons. The molecule has 0 amide bonds. The summed E-state index contributed by atoms with van der Waals surface area (Å²) in [6, 6.07) is 0. The zero-order valence-corrected chi connectivity index (χ0v) is 10.2. The predicted octanol–water partition coefficient (Wildman–Crippen LogP) is 0.811. The van der Waals surface area contributed by atoms with E-state index in [1.54, 1.807) is 18.4 Å². The van der Waals surface area contributed by atoms with E-state index in [0.29, 0.717) is 0 Å². The Balaban J connectivity index is 1.97. The minimum atomic E-state index is 0.795. The molecule has 0 aliphatic heterocycles. The molecule has 1 aromatic heterocycles. The normalized spacial score (nSPS) is 11.1. The number of likely N-dealkylation sites (N-methyl/N-ethyl adjacent to an activating group) is 1. The van der Waals surface area contributed by atoms with Crippen LogP contribution in [0.15, 0.2) is 11.6 Å². The summed E-state index contributed by atoms with van der Waals surface area (Å²) in [4.78, 5) is 6.45. The van der Waals surface area contributed by atoms with Crippen molar-refractivity contribution in [2.24, 2.45) is 0 Å². The van der Waals surface area contributed by atoms with E-state index >= 15 is 0 Å². The molecule has 0 aliphatic rings. The second-order valence-electron chi connectivity index (χ2n) is 3.40. The first kappa shape index (κ1) is 12.6. The average Bonchev–Trinajstić information content (AvgIpc) is 2.74. The number of thiazole rings is 1. The van der Waals surface area contributed by atoms with E-state index in [1.807, 2.05) is 11.6 Å². The molecule has 1 aromatic rings. The van der Waals surface area contributed by atoms with E-state index in [2.05, 4.69) is 22.2 Å². The third kappa shape index (κ3) is 5.84. The molecule has 4 nitrogen and oxygen atoms in total. The molecule has 1 N–H and O–H groups in total. The number of aromatic nitrogens is 1. The minimum Gasteiger partial charge on any atom is -0.383 e. The molecule has 0 spiro atoms. The number of rotatable bonds is 8. The van der Waals surface area contributed by atoms with Crippen molar-refractivity contribution in [3.05, 3.63) is 16.6 Å². The molecule has 1 heterocycles. The Hall–Kier alpha value is -0.490. The zero-order valence-electron chi connectivity index (χ0n) is 9.40. The van der Waals surface area contributed by atoms with Gasteiger partial charge in [-0.05, 0) is 7.05 Å². The van der Waals surface area contributed by atoms with Gasteiger partial charge in [0.25, 0.3) is 0 Å². The predicted molar refractivity (Wildman–Crippen MR) is 63.2 cm³/mol. The van der Waals surface area contributed by atoms with Gasteiger partial charge in [0.05, 0.1) is 6.61 Å². The van der Waals surface area contributed by atoms with Crippen LogP contribution in [0.25, 0.3) is 0 Å². The van der Waals surface area contributed by atoms with Crippen LogP contribution in [0.4, 0.5) is 0 Å². The Morgan fingerprint density at radius 1 is 1.53 bits per heavy atom. The third-order valence-electron chi connectivity index (χ3n) is 2.11. The average molecular weight is 229 g/mol. The van der Waals surface area contributed by atoms with E-state index in [9.17, 15) is 0 Å². The fourth-order valence-electron chi connectivity index (χ4n) is 1.16. The summed E-state index contributed by atoms with van der Waals surface area (Å²) in [6.45, 7) is 4.67. The lowest BCUT2D eigenvalue weighted by atomic mass is 10.5. The van der Waals surface area contributed by atoms with Gasteiger partial charge in [0.15, 0.2) is 0 Å². The van der Waals surface area contributed by atoms with Crippen LogP contribution in [0.3, 0.4) is 0 Å². The van der Waals surface area contributed by atoms with Gasteiger partial charge in [-0.2, -0.15) is 0 Å². The highest BCUT2D eigenvalue weighted by molar-refractivity contribution is 7.09. The largest absolute Gasteiger partial charge is 0.383 e. The molecule has 0 aliphatic carbocycles. The lowest BCUT2D eigenvalue weighted by Crippen LogP contribution is -2.31. The number of nitrogens with one attached hydrogen (secondary N) is 1. The lowest BCUT2D eigenvalue weighted by molar-refractivity contribution is 0.161. The molecule has 15 heavy (non-hydrogen) atoms. The Morgan fingerprint density at radius 2 is 2.40 bits per heavy atom. The molecular weight excluding hydrogens is 210 g/mol. The SMILES string of the molecule is COCCN(C)CCNCc1nccs1. The van der Waals surface area contributed by atoms with E-state index < -0.39 is 0 Å². The van der Waals surface area contributed by atoms with Crippen molar-refractivity contribution in [3.63, 3.8) is 0 Å². The zero-order chi connectivity index (χ0) is 10.9. The highest BCUT2D eigenvalue weighted by Gasteiger charge is 1.98. The molecule has 0 saturated heterocycles. The summed E-state index contributed by atoms with van der Waals surface area (Å²) < 4.78 is 5.01. The fraction of sp³-hybridized carbons (Fsp3) is 0.700. The van der Waals surface area contributed by atoms with Crippen molar-refractivity contribution < 1.29 is 4.74 Å². The van der Waals surface area contributed by atoms with Gasteiger partial charge >= 0.3 is 0 Å². The fourth-order valence-corrected chi connectivity index (χ4v) is 1.75. The van der Waals surface area contributed by atoms with Crippen LogP contribution < -0.4 is 5.32 Å². The van der Waals surface area contributed by atoms with Crippen LogP contribution in [0, 0.1) is 0 Å². The van der Waals surface area contributed by atoms with E-state index in [4.69, 9.17) is 4.74 Å². The summed E-state index contributed by atoms with van der Waals surface area (Å²) in [6.07, 6.45) is 1.84. The summed E-state index contributed by atoms with van der Waals surface area (Å²) >= 11 is 1.69. The van der Waals surface area contributed by atoms with Gasteiger partial charge in [0.2, 0.25) is 0 Å². The van der Waals surface area contributed by atoms with Gasteiger partial charge in [-0.25, -0.2) is 4.98 Å². The number of hydrogen-bond donors (Lipinski definition) is 1. The first-order valence-electron chi connectivity index (χ1n) is 5.09. The van der Waals surface area contributed by atoms with Crippen LogP contribution in [-0.4, -0.2) is 50.3 Å². The molecule has 0 bridgehead atoms. The molecule has 0 fully saturated rings. The highest BCUT2D eigenvalue weighted by Crippen LogP contribution is 2.01. The van der Waals surface area contributed by atoms with Gasteiger partial charge in [0, 0.05) is 44.9 Å². The maximum absolute atomic E-state index is 5.01. The first-order valence-corrected chi connectivity index (χ1v) is 5.97. The topological polar surface area (TPSA) is 37.4 Å². The number of hydrogen-bond acceptors (Lipinski definition) is 5. The molecule has 0 saturated carbocycles. The second kappa shape index (κ2) is 7.76. The van der Waals surface area contributed by atoms with E-state index in [1.165, 1.54) is 0 Å². The molecule has 1 rings (SSSR count). The summed E-state index contributed by atoms with van der Waals surface area (Å²) in [5, 5.41) is 6.51. The Kier molecular flexibility index (Phi) is 6.50. The molecule has 0 unspecified atom stereocenters. The maximum atomic E-state index is 5.01. The second-order valence-corrected chi connectivity index (χ2v) is 4.38. The minimum absolute atomic E-state index is 0.795. The molecule has 0 atom stereocenters. The van der Waals surface area contributed by atoms with Crippen LogP contribution in [0.2, 0.25) is 0 Å². The standard InChI is InChI=1S/C10H19N3OS/c1-13(6-7-14-2)5-3-11-9-10-12-4-8-15-10/h4,8,11H,3,5-7,9H2,1-2H3. The van der Waals surface area contributed by atoms with E-state index in [0.717, 1.165) is 37.8 Å². The molecule has 5 heteroatoms. The summed E-state index contributed by atoms with van der Waals surface area (Å²) in [5.74, 6) is 0. The van der Waals surface area contributed by atoms with Crippen LogP contribution in [0.1, 0.15) is 5.01 Å². The van der Waals surface area contributed by atoms with Gasteiger partial charge in [-0.1, -0.05) is 0 Å². The van der Waals surface area contributed by atoms with Gasteiger partial charge in [-0.15, -0.1) is 11.3 Å². The Bertz CT molecular complexity index is 241. The van der Waals surface area contributed by atoms with Gasteiger partial charge in [-0.3, -0.25) is 0 Å². The van der Waals surface area contributed by atoms with E-state index in [-0.39, 0.29) is 0 Å². The van der Waals surface area contributed by atoms with Crippen LogP contribution >= 0.6 is 11.3 Å². The molecule has 0 radical (unpaired) electrons. The smallest absolute Gasteiger partial charge is 0.106 e. The Labute approximate surface area is 95.3 Å². The Morgan fingerprint density at radius 3 is 3.07 bits per heavy atom. The third-order valence-corrected chi connectivity index (χ3v) is 2.89. The number of ether oxygens (including phenoxy) is 1. The number of nitrogens with zero attached hydrogens (tertiary/aromatic N) is 2. The van der Waals surface area contributed by atoms with Crippen LogP contribution in [0.5, 0.6) is 0 Å². The van der Waals surface area contributed by atoms with Crippen molar-refractivity contribution in [2.75, 3.05) is 40.4 Å². The monoisotopic (exact) mass is 229 g/mol. The quantitative estimate of drug-likeness (QED) is 0.669. The number of methoxy groups -OCH3 is 1. The van der Waals surface area contributed by atoms with Crippen molar-refractivity contribution in [1.82, 2.24) is 15.2 Å². The van der Waals surface area contributed by atoms with Crippen LogP contribution in [-0.2, 0) is 11.3 Å². The van der Waals surface area contributed by atoms with Crippen molar-refractivity contribution in [1.29, 1.82) is 0 Å². The van der Waals surface area contributed by atoms with Crippen molar-refractivity contribution in [3.8, 4) is 0 Å². The summed E-state index contributed by atoms with van der Waals surface area (Å²) in [5.41, 5.74) is 0. The van der Waals surface area contributed by atoms with Crippen molar-refractivity contribution in [2.45, 2.75) is 6.54 Å². The first-order chi connectivity index (χ1) is 7.33. The highest BCUT2D eigenvalue weighted by atomic mass is 32.1.